The number of rotatable bonds is 3. The van der Waals surface area contributed by atoms with Gasteiger partial charge in [0, 0.05) is 19.0 Å². The van der Waals surface area contributed by atoms with Gasteiger partial charge in [-0.25, -0.2) is 0 Å². The van der Waals surface area contributed by atoms with Crippen molar-refractivity contribution < 1.29 is 14.5 Å². The van der Waals surface area contributed by atoms with Crippen molar-refractivity contribution in [3.05, 3.63) is 28.3 Å². The predicted octanol–water partition coefficient (Wildman–Crippen LogP) is 1.95. The number of para-hydroxylation sites is 1. The van der Waals surface area contributed by atoms with Crippen molar-refractivity contribution in [2.24, 2.45) is 0 Å². The molecule has 96 valence electrons. The second-order valence-electron chi connectivity index (χ2n) is 3.89. The van der Waals surface area contributed by atoms with Gasteiger partial charge in [0.15, 0.2) is 5.69 Å². The van der Waals surface area contributed by atoms with E-state index in [1.54, 1.807) is 6.07 Å². The van der Waals surface area contributed by atoms with E-state index in [2.05, 4.69) is 0 Å². The SMILES string of the molecule is COc1cccc([N+](=O)[O-])c1N1CC(Cl)CC1=O. The van der Waals surface area contributed by atoms with Crippen LogP contribution in [0.3, 0.4) is 0 Å². The number of ether oxygens (including phenoxy) is 1. The number of anilines is 1. The topological polar surface area (TPSA) is 72.7 Å². The summed E-state index contributed by atoms with van der Waals surface area (Å²) < 4.78 is 5.09. The molecule has 1 fully saturated rings. The molecule has 0 radical (unpaired) electrons. The summed E-state index contributed by atoms with van der Waals surface area (Å²) in [6.07, 6.45) is 0.177. The van der Waals surface area contributed by atoms with Crippen LogP contribution in [0.5, 0.6) is 5.75 Å². The Kier molecular flexibility index (Phi) is 3.38. The Morgan fingerprint density at radius 3 is 2.78 bits per heavy atom. The number of nitro groups is 1. The molecule has 0 N–H and O–H groups in total. The Balaban J connectivity index is 2.54. The summed E-state index contributed by atoms with van der Waals surface area (Å²) in [7, 11) is 1.40. The van der Waals surface area contributed by atoms with E-state index < -0.39 is 4.92 Å². The van der Waals surface area contributed by atoms with Gasteiger partial charge >= 0.3 is 0 Å². The van der Waals surface area contributed by atoms with Gasteiger partial charge in [0.25, 0.3) is 5.69 Å². The van der Waals surface area contributed by atoms with Crippen LogP contribution in [-0.2, 0) is 4.79 Å². The highest BCUT2D eigenvalue weighted by Crippen LogP contribution is 2.39. The summed E-state index contributed by atoms with van der Waals surface area (Å²) in [6, 6.07) is 4.43. The van der Waals surface area contributed by atoms with Gasteiger partial charge < -0.3 is 9.64 Å². The first-order chi connectivity index (χ1) is 8.54. The standard InChI is InChI=1S/C11H11ClN2O4/c1-18-9-4-2-3-8(14(16)17)11(9)13-6-7(12)5-10(13)15/h2-4,7H,5-6H2,1H3. The minimum absolute atomic E-state index is 0.159. The van der Waals surface area contributed by atoms with Crippen LogP contribution in [0, 0.1) is 10.1 Å². The third-order valence-corrected chi connectivity index (χ3v) is 3.03. The maximum absolute atomic E-state index is 11.8. The summed E-state index contributed by atoms with van der Waals surface area (Å²) in [5.41, 5.74) is 0.0200. The van der Waals surface area contributed by atoms with Crippen molar-refractivity contribution >= 4 is 28.9 Å². The average Bonchev–Trinajstić information content (AvgIpc) is 2.67. The van der Waals surface area contributed by atoms with Crippen LogP contribution >= 0.6 is 11.6 Å². The van der Waals surface area contributed by atoms with Crippen LogP contribution in [0.1, 0.15) is 6.42 Å². The summed E-state index contributed by atoms with van der Waals surface area (Å²) >= 11 is 5.91. The molecule has 2 rings (SSSR count). The maximum atomic E-state index is 11.8. The average molecular weight is 271 g/mol. The molecular weight excluding hydrogens is 260 g/mol. The predicted molar refractivity (Wildman–Crippen MR) is 66.3 cm³/mol. The van der Waals surface area contributed by atoms with E-state index in [9.17, 15) is 14.9 Å². The zero-order chi connectivity index (χ0) is 13.3. The van der Waals surface area contributed by atoms with Crippen molar-refractivity contribution in [1.29, 1.82) is 0 Å². The van der Waals surface area contributed by atoms with Crippen molar-refractivity contribution in [1.82, 2.24) is 0 Å². The van der Waals surface area contributed by atoms with Gasteiger partial charge in [-0.2, -0.15) is 0 Å². The first kappa shape index (κ1) is 12.6. The van der Waals surface area contributed by atoms with Crippen LogP contribution in [0.4, 0.5) is 11.4 Å². The zero-order valence-electron chi connectivity index (χ0n) is 9.63. The number of alkyl halides is 1. The number of nitro benzene ring substituents is 1. The van der Waals surface area contributed by atoms with Crippen LogP contribution in [0.2, 0.25) is 0 Å². The molecule has 1 atom stereocenters. The number of halogens is 1. The number of carbonyl (C=O) groups excluding carboxylic acids is 1. The smallest absolute Gasteiger partial charge is 0.296 e. The van der Waals surface area contributed by atoms with Gasteiger partial charge in [-0.3, -0.25) is 14.9 Å². The van der Waals surface area contributed by atoms with Crippen molar-refractivity contribution in [3.8, 4) is 5.75 Å². The first-order valence-corrected chi connectivity index (χ1v) is 5.74. The van der Waals surface area contributed by atoms with E-state index in [0.29, 0.717) is 5.75 Å². The Labute approximate surface area is 108 Å². The normalized spacial score (nSPS) is 19.1. The molecule has 0 saturated carbocycles. The number of hydrogen-bond acceptors (Lipinski definition) is 4. The second kappa shape index (κ2) is 4.81. The van der Waals surface area contributed by atoms with Gasteiger partial charge in [-0.05, 0) is 6.07 Å². The molecule has 1 aliphatic rings. The Morgan fingerprint density at radius 2 is 2.28 bits per heavy atom. The van der Waals surface area contributed by atoms with Gasteiger partial charge in [-0.15, -0.1) is 11.6 Å². The number of hydrogen-bond donors (Lipinski definition) is 0. The quantitative estimate of drug-likeness (QED) is 0.478. The number of methoxy groups -OCH3 is 1. The fourth-order valence-corrected chi connectivity index (χ4v) is 2.24. The molecule has 1 aromatic rings. The van der Waals surface area contributed by atoms with Crippen LogP contribution < -0.4 is 9.64 Å². The molecule has 1 unspecified atom stereocenters. The highest BCUT2D eigenvalue weighted by atomic mass is 35.5. The lowest BCUT2D eigenvalue weighted by Gasteiger charge is -2.18. The van der Waals surface area contributed by atoms with Crippen LogP contribution in [-0.4, -0.2) is 29.9 Å². The van der Waals surface area contributed by atoms with Gasteiger partial charge in [-0.1, -0.05) is 6.07 Å². The maximum Gasteiger partial charge on any atom is 0.296 e. The lowest BCUT2D eigenvalue weighted by molar-refractivity contribution is -0.384. The molecule has 1 aromatic carbocycles. The monoisotopic (exact) mass is 270 g/mol. The largest absolute Gasteiger partial charge is 0.494 e. The number of nitrogens with zero attached hydrogens (tertiary/aromatic N) is 2. The highest BCUT2D eigenvalue weighted by Gasteiger charge is 2.35. The lowest BCUT2D eigenvalue weighted by atomic mass is 10.2. The minimum Gasteiger partial charge on any atom is -0.494 e. The van der Waals surface area contributed by atoms with E-state index in [4.69, 9.17) is 16.3 Å². The van der Waals surface area contributed by atoms with Crippen molar-refractivity contribution in [3.63, 3.8) is 0 Å². The molecule has 1 heterocycles. The van der Waals surface area contributed by atoms with E-state index >= 15 is 0 Å². The summed E-state index contributed by atoms with van der Waals surface area (Å²) in [5, 5.41) is 10.7. The van der Waals surface area contributed by atoms with Crippen LogP contribution in [0.25, 0.3) is 0 Å². The van der Waals surface area contributed by atoms with Gasteiger partial charge in [0.2, 0.25) is 5.91 Å². The van der Waals surface area contributed by atoms with E-state index in [1.165, 1.54) is 24.1 Å². The van der Waals surface area contributed by atoms with Crippen LogP contribution in [0.15, 0.2) is 18.2 Å². The molecule has 6 nitrogen and oxygen atoms in total. The van der Waals surface area contributed by atoms with E-state index in [-0.39, 0.29) is 35.6 Å². The summed E-state index contributed by atoms with van der Waals surface area (Å²) in [4.78, 5) is 23.6. The van der Waals surface area contributed by atoms with E-state index in [1.807, 2.05) is 0 Å². The molecular formula is C11H11ClN2O4. The second-order valence-corrected chi connectivity index (χ2v) is 4.51. The molecule has 1 saturated heterocycles. The molecule has 0 spiro atoms. The Morgan fingerprint density at radius 1 is 1.56 bits per heavy atom. The lowest BCUT2D eigenvalue weighted by Crippen LogP contribution is -2.26. The minimum atomic E-state index is -0.535. The molecule has 7 heteroatoms. The number of carbonyl (C=O) groups is 1. The first-order valence-electron chi connectivity index (χ1n) is 5.30. The number of amides is 1. The third-order valence-electron chi connectivity index (χ3n) is 2.74. The van der Waals surface area contributed by atoms with Crippen molar-refractivity contribution in [2.45, 2.75) is 11.8 Å². The molecule has 1 aliphatic heterocycles. The Hall–Kier alpha value is -1.82. The fourth-order valence-electron chi connectivity index (χ4n) is 1.97. The van der Waals surface area contributed by atoms with E-state index in [0.717, 1.165) is 0 Å². The Bertz CT molecular complexity index is 506. The molecule has 1 amide bonds. The van der Waals surface area contributed by atoms with Gasteiger partial charge in [0.05, 0.1) is 17.4 Å². The molecule has 0 bridgehead atoms. The molecule has 0 aromatic heterocycles. The number of benzene rings is 1. The molecule has 18 heavy (non-hydrogen) atoms. The molecule has 0 aliphatic carbocycles. The zero-order valence-corrected chi connectivity index (χ0v) is 10.4. The van der Waals surface area contributed by atoms with Gasteiger partial charge in [0.1, 0.15) is 5.75 Å². The highest BCUT2D eigenvalue weighted by molar-refractivity contribution is 6.24. The summed E-state index contributed by atoms with van der Waals surface area (Å²) in [6.45, 7) is 0.252. The van der Waals surface area contributed by atoms with Crippen molar-refractivity contribution in [2.75, 3.05) is 18.6 Å². The third kappa shape index (κ3) is 2.11. The fraction of sp³-hybridized carbons (Fsp3) is 0.364. The summed E-state index contributed by atoms with van der Waals surface area (Å²) in [5.74, 6) is 0.0610.